The lowest BCUT2D eigenvalue weighted by Crippen LogP contribution is -2.44. The molecule has 0 aromatic heterocycles. The third-order valence-electron chi connectivity index (χ3n) is 4.24. The molecule has 0 bridgehead atoms. The highest BCUT2D eigenvalue weighted by atomic mass is 16.9. The van der Waals surface area contributed by atoms with E-state index >= 15 is 0 Å². The van der Waals surface area contributed by atoms with Crippen LogP contribution in [0.2, 0.25) is 0 Å². The average molecular weight is 373 g/mol. The molecule has 0 saturated heterocycles. The van der Waals surface area contributed by atoms with Crippen molar-refractivity contribution in [3.05, 3.63) is 10.1 Å². The fourth-order valence-electron chi connectivity index (χ4n) is 2.88. The lowest BCUT2D eigenvalue weighted by atomic mass is 10.1. The second-order valence-corrected chi connectivity index (χ2v) is 6.31. The number of hydrogen-bond acceptors (Lipinski definition) is 9. The Labute approximate surface area is 152 Å². The molecule has 2 rings (SSSR count). The third-order valence-corrected chi connectivity index (χ3v) is 4.24. The van der Waals surface area contributed by atoms with Crippen LogP contribution < -0.4 is 0 Å². The molecule has 10 nitrogen and oxygen atoms in total. The number of nitrogens with zero attached hydrogens (tertiary/aromatic N) is 3. The highest BCUT2D eigenvalue weighted by molar-refractivity contribution is 5.75. The molecular weight excluding hydrogens is 346 g/mol. The van der Waals surface area contributed by atoms with E-state index in [1.54, 1.807) is 0 Å². The van der Waals surface area contributed by atoms with Crippen LogP contribution in [-0.2, 0) is 19.0 Å². The molecule has 0 amide bonds. The molecule has 1 unspecified atom stereocenters. The van der Waals surface area contributed by atoms with Crippen molar-refractivity contribution in [1.29, 1.82) is 0 Å². The van der Waals surface area contributed by atoms with Gasteiger partial charge in [0.05, 0.1) is 19.8 Å². The molecule has 0 aromatic rings. The van der Waals surface area contributed by atoms with Crippen LogP contribution in [0.4, 0.5) is 4.79 Å². The van der Waals surface area contributed by atoms with Crippen molar-refractivity contribution in [2.45, 2.75) is 51.5 Å². The summed E-state index contributed by atoms with van der Waals surface area (Å²) in [5, 5.41) is 9.16. The first-order valence-electron chi connectivity index (χ1n) is 9.12. The number of amidine groups is 1. The molecule has 10 heteroatoms. The van der Waals surface area contributed by atoms with Crippen LogP contribution in [0, 0.1) is 16.0 Å². The molecule has 26 heavy (non-hydrogen) atoms. The summed E-state index contributed by atoms with van der Waals surface area (Å²) in [5.74, 6) is 0.586. The summed E-state index contributed by atoms with van der Waals surface area (Å²) in [6.45, 7) is 3.44. The Balaban J connectivity index is 1.72. The van der Waals surface area contributed by atoms with Gasteiger partial charge in [0.15, 0.2) is 6.73 Å². The molecule has 0 spiro atoms. The summed E-state index contributed by atoms with van der Waals surface area (Å²) in [5.41, 5.74) is 0. The zero-order valence-corrected chi connectivity index (χ0v) is 15.1. The Morgan fingerprint density at radius 1 is 1.38 bits per heavy atom. The van der Waals surface area contributed by atoms with Crippen LogP contribution in [0.3, 0.4) is 0 Å². The number of aliphatic imine (C=N–C) groups is 1. The number of carbonyl (C=O) groups excluding carboxylic acids is 1. The molecule has 2 aliphatic rings. The topological polar surface area (TPSA) is 113 Å². The van der Waals surface area contributed by atoms with E-state index in [9.17, 15) is 14.9 Å². The van der Waals surface area contributed by atoms with Gasteiger partial charge < -0.3 is 19.0 Å². The Morgan fingerprint density at radius 3 is 2.77 bits per heavy atom. The summed E-state index contributed by atoms with van der Waals surface area (Å²) in [7, 11) is 0. The number of hydrogen-bond donors (Lipinski definition) is 0. The SMILES string of the molecule is CCCC(C1CC1)N(COC(=O)OCCCCO[N+](=O)[O-])C1=NCCO1. The zero-order chi connectivity index (χ0) is 18.8. The van der Waals surface area contributed by atoms with Crippen molar-refractivity contribution in [2.24, 2.45) is 10.9 Å². The highest BCUT2D eigenvalue weighted by Gasteiger charge is 2.37. The van der Waals surface area contributed by atoms with Crippen LogP contribution in [0.1, 0.15) is 45.4 Å². The quantitative estimate of drug-likeness (QED) is 0.168. The number of rotatable bonds is 12. The van der Waals surface area contributed by atoms with Crippen molar-refractivity contribution < 1.29 is 28.9 Å². The van der Waals surface area contributed by atoms with Crippen molar-refractivity contribution in [1.82, 2.24) is 4.90 Å². The Bertz CT molecular complexity index is 496. The van der Waals surface area contributed by atoms with E-state index in [-0.39, 0.29) is 26.0 Å². The van der Waals surface area contributed by atoms with Crippen molar-refractivity contribution >= 4 is 12.2 Å². The molecule has 1 atom stereocenters. The average Bonchev–Trinajstić information content (AvgIpc) is 3.31. The summed E-state index contributed by atoms with van der Waals surface area (Å²) in [6, 6.07) is 0.795. The van der Waals surface area contributed by atoms with E-state index in [0.717, 1.165) is 12.8 Å². The largest absolute Gasteiger partial charge is 0.510 e. The maximum absolute atomic E-state index is 11.8. The van der Waals surface area contributed by atoms with Crippen molar-refractivity contribution in [3.63, 3.8) is 0 Å². The lowest BCUT2D eigenvalue weighted by molar-refractivity contribution is -0.757. The van der Waals surface area contributed by atoms with Crippen molar-refractivity contribution in [3.8, 4) is 0 Å². The van der Waals surface area contributed by atoms with Crippen LogP contribution in [0.15, 0.2) is 4.99 Å². The predicted molar refractivity (Wildman–Crippen MR) is 91.0 cm³/mol. The normalized spacial score (nSPS) is 17.0. The van der Waals surface area contributed by atoms with Gasteiger partial charge in [-0.2, -0.15) is 0 Å². The Morgan fingerprint density at radius 2 is 2.15 bits per heavy atom. The minimum Gasteiger partial charge on any atom is -0.463 e. The van der Waals surface area contributed by atoms with Gasteiger partial charge in [-0.05, 0) is 38.0 Å². The van der Waals surface area contributed by atoms with Crippen LogP contribution in [0.25, 0.3) is 0 Å². The van der Waals surface area contributed by atoms with Gasteiger partial charge in [-0.1, -0.05) is 13.3 Å². The number of unbranched alkanes of at least 4 members (excludes halogenated alkanes) is 1. The van der Waals surface area contributed by atoms with Gasteiger partial charge in [-0.25, -0.2) is 9.79 Å². The monoisotopic (exact) mass is 373 g/mol. The van der Waals surface area contributed by atoms with Gasteiger partial charge in [0, 0.05) is 6.04 Å². The summed E-state index contributed by atoms with van der Waals surface area (Å²) >= 11 is 0. The molecule has 1 aliphatic heterocycles. The molecule has 1 heterocycles. The fraction of sp³-hybridized carbons (Fsp3) is 0.875. The Hall–Kier alpha value is -2.26. The first-order valence-corrected chi connectivity index (χ1v) is 9.12. The van der Waals surface area contributed by atoms with E-state index in [0.29, 0.717) is 37.9 Å². The van der Waals surface area contributed by atoms with E-state index < -0.39 is 11.2 Å². The van der Waals surface area contributed by atoms with E-state index in [4.69, 9.17) is 14.2 Å². The molecule has 148 valence electrons. The highest BCUT2D eigenvalue weighted by Crippen LogP contribution is 2.38. The molecule has 0 radical (unpaired) electrons. The predicted octanol–water partition coefficient (Wildman–Crippen LogP) is 2.35. The van der Waals surface area contributed by atoms with Crippen molar-refractivity contribution in [2.75, 3.05) is 33.1 Å². The molecule has 1 aliphatic carbocycles. The fourth-order valence-corrected chi connectivity index (χ4v) is 2.88. The summed E-state index contributed by atoms with van der Waals surface area (Å²) in [4.78, 5) is 32.3. The van der Waals surface area contributed by atoms with Gasteiger partial charge in [-0.3, -0.25) is 4.90 Å². The minimum absolute atomic E-state index is 0.0174. The van der Waals surface area contributed by atoms with Gasteiger partial charge in [0.2, 0.25) is 0 Å². The van der Waals surface area contributed by atoms with Crippen LogP contribution in [0.5, 0.6) is 0 Å². The number of ether oxygens (including phenoxy) is 3. The second-order valence-electron chi connectivity index (χ2n) is 6.31. The standard InChI is InChI=1S/C16H27N3O7/c1-2-5-14(13-6-7-13)18(15-17-8-11-23-15)12-25-16(20)24-9-3-4-10-26-19(21)22/h13-14H,2-12H2,1H3. The molecular formula is C16H27N3O7. The molecule has 1 fully saturated rings. The van der Waals surface area contributed by atoms with Crippen LogP contribution >= 0.6 is 0 Å². The summed E-state index contributed by atoms with van der Waals surface area (Å²) in [6.07, 6.45) is 4.48. The zero-order valence-electron chi connectivity index (χ0n) is 15.1. The van der Waals surface area contributed by atoms with E-state index in [1.165, 1.54) is 12.8 Å². The molecule has 0 aromatic carbocycles. The minimum atomic E-state index is -0.843. The van der Waals surface area contributed by atoms with Gasteiger partial charge >= 0.3 is 6.16 Å². The lowest BCUT2D eigenvalue weighted by Gasteiger charge is -2.31. The van der Waals surface area contributed by atoms with Gasteiger partial charge in [0.25, 0.3) is 11.1 Å². The van der Waals surface area contributed by atoms with Gasteiger partial charge in [-0.15, -0.1) is 10.1 Å². The van der Waals surface area contributed by atoms with Gasteiger partial charge in [0.1, 0.15) is 6.61 Å². The third kappa shape index (κ3) is 6.93. The summed E-state index contributed by atoms with van der Waals surface area (Å²) < 4.78 is 15.8. The van der Waals surface area contributed by atoms with E-state index in [1.807, 2.05) is 4.90 Å². The maximum Gasteiger partial charge on any atom is 0.510 e. The number of carbonyl (C=O) groups is 1. The second kappa shape index (κ2) is 10.7. The Kier molecular flexibility index (Phi) is 8.23. The first-order chi connectivity index (χ1) is 12.6. The molecule has 0 N–H and O–H groups in total. The van der Waals surface area contributed by atoms with Crippen LogP contribution in [-0.4, -0.2) is 61.3 Å². The smallest absolute Gasteiger partial charge is 0.463 e. The first kappa shape index (κ1) is 20.1. The maximum atomic E-state index is 11.8. The molecule has 1 saturated carbocycles. The van der Waals surface area contributed by atoms with E-state index in [2.05, 4.69) is 16.8 Å².